The lowest BCUT2D eigenvalue weighted by atomic mass is 9.95. The van der Waals surface area contributed by atoms with E-state index in [0.717, 1.165) is 34.4 Å². The van der Waals surface area contributed by atoms with Gasteiger partial charge >= 0.3 is 0 Å². The number of para-hydroxylation sites is 1. The van der Waals surface area contributed by atoms with Gasteiger partial charge in [0.1, 0.15) is 21.5 Å². The highest BCUT2D eigenvalue weighted by atomic mass is 32.2. The van der Waals surface area contributed by atoms with Crippen molar-refractivity contribution in [1.82, 2.24) is 5.01 Å². The molecule has 0 saturated heterocycles. The summed E-state index contributed by atoms with van der Waals surface area (Å²) in [7, 11) is 0. The number of hydrogen-bond acceptors (Lipinski definition) is 4. The Morgan fingerprint density at radius 1 is 1.21 bits per heavy atom. The summed E-state index contributed by atoms with van der Waals surface area (Å²) in [6.07, 6.45) is 0.548. The van der Waals surface area contributed by atoms with Gasteiger partial charge in [-0.1, -0.05) is 42.2 Å². The third-order valence-corrected chi connectivity index (χ3v) is 6.58. The highest BCUT2D eigenvalue weighted by Gasteiger charge is 2.51. The molecule has 2 aliphatic heterocycles. The Morgan fingerprint density at radius 2 is 1.96 bits per heavy atom. The molecular weight excluding hydrogens is 400 g/mol. The molecule has 0 saturated carbocycles. The van der Waals surface area contributed by atoms with E-state index in [1.165, 1.54) is 23.7 Å². The van der Waals surface area contributed by atoms with Crippen molar-refractivity contribution in [3.8, 4) is 0 Å². The molecule has 2 aliphatic rings. The zero-order valence-electron chi connectivity index (χ0n) is 15.3. The van der Waals surface area contributed by atoms with Crippen molar-refractivity contribution in [1.29, 1.82) is 0 Å². The van der Waals surface area contributed by atoms with E-state index in [2.05, 4.69) is 5.10 Å². The average molecular weight is 418 g/mol. The quantitative estimate of drug-likeness (QED) is 0.634. The molecule has 8 heteroatoms. The number of anilines is 1. The van der Waals surface area contributed by atoms with E-state index >= 15 is 0 Å². The third-order valence-electron chi connectivity index (χ3n) is 4.93. The molecule has 1 spiro atoms. The minimum absolute atomic E-state index is 0.0547. The van der Waals surface area contributed by atoms with E-state index in [9.17, 15) is 13.6 Å². The maximum absolute atomic E-state index is 14.4. The smallest absolute Gasteiger partial charge is 0.241 e. The second-order valence-electron chi connectivity index (χ2n) is 6.68. The standard InChI is InChI=1S/C20H17F2N3OS2/c1-12(26)25-20(28-19(23-25)15-11-14(21)7-8-17(15)22)9-10-24(13(2)27)18-6-4-3-5-16(18)20/h3-8,11H,9-10H2,1-2H3. The first-order valence-electron chi connectivity index (χ1n) is 8.75. The summed E-state index contributed by atoms with van der Waals surface area (Å²) < 4.78 is 28.1. The first-order valence-corrected chi connectivity index (χ1v) is 9.97. The molecule has 1 amide bonds. The van der Waals surface area contributed by atoms with Crippen molar-refractivity contribution in [2.75, 3.05) is 11.4 Å². The van der Waals surface area contributed by atoms with Gasteiger partial charge in [-0.2, -0.15) is 5.10 Å². The first kappa shape index (κ1) is 19.0. The van der Waals surface area contributed by atoms with Crippen LogP contribution in [0.2, 0.25) is 0 Å². The predicted octanol–water partition coefficient (Wildman–Crippen LogP) is 4.63. The van der Waals surface area contributed by atoms with Gasteiger partial charge < -0.3 is 4.90 Å². The summed E-state index contributed by atoms with van der Waals surface area (Å²) in [5, 5.41) is 6.09. The highest BCUT2D eigenvalue weighted by Crippen LogP contribution is 2.54. The van der Waals surface area contributed by atoms with Gasteiger partial charge in [-0.05, 0) is 31.2 Å². The molecular formula is C20H17F2N3OS2. The topological polar surface area (TPSA) is 35.9 Å². The van der Waals surface area contributed by atoms with Crippen LogP contribution in [0.1, 0.15) is 31.4 Å². The zero-order chi connectivity index (χ0) is 20.1. The van der Waals surface area contributed by atoms with Crippen LogP contribution in [-0.4, -0.2) is 27.5 Å². The van der Waals surface area contributed by atoms with Gasteiger partial charge in [-0.3, -0.25) is 4.79 Å². The van der Waals surface area contributed by atoms with E-state index in [1.807, 2.05) is 36.1 Å². The molecule has 144 valence electrons. The van der Waals surface area contributed by atoms with Gasteiger partial charge in [0.25, 0.3) is 0 Å². The molecule has 0 radical (unpaired) electrons. The van der Waals surface area contributed by atoms with E-state index in [0.29, 0.717) is 13.0 Å². The van der Waals surface area contributed by atoms with Gasteiger partial charge in [-0.25, -0.2) is 13.8 Å². The number of amides is 1. The predicted molar refractivity (Wildman–Crippen MR) is 111 cm³/mol. The number of thioether (sulfide) groups is 1. The molecule has 4 rings (SSSR count). The average Bonchev–Trinajstić information content (AvgIpc) is 3.04. The number of fused-ring (bicyclic) bond motifs is 2. The van der Waals surface area contributed by atoms with E-state index in [4.69, 9.17) is 12.2 Å². The van der Waals surface area contributed by atoms with Crippen molar-refractivity contribution < 1.29 is 13.6 Å². The van der Waals surface area contributed by atoms with Crippen LogP contribution in [0.4, 0.5) is 14.5 Å². The summed E-state index contributed by atoms with van der Waals surface area (Å²) in [6, 6.07) is 10.9. The first-order chi connectivity index (χ1) is 13.3. The summed E-state index contributed by atoms with van der Waals surface area (Å²) >= 11 is 6.67. The van der Waals surface area contributed by atoms with Crippen molar-refractivity contribution in [2.24, 2.45) is 5.10 Å². The van der Waals surface area contributed by atoms with Gasteiger partial charge in [0.05, 0.1) is 4.99 Å². The van der Waals surface area contributed by atoms with Crippen LogP contribution in [0.3, 0.4) is 0 Å². The van der Waals surface area contributed by atoms with Gasteiger partial charge in [-0.15, -0.1) is 0 Å². The number of rotatable bonds is 1. The number of hydrogen-bond donors (Lipinski definition) is 0. The number of benzene rings is 2. The number of carbonyl (C=O) groups is 1. The highest BCUT2D eigenvalue weighted by molar-refractivity contribution is 8.15. The van der Waals surface area contributed by atoms with Crippen molar-refractivity contribution in [3.05, 3.63) is 65.2 Å². The van der Waals surface area contributed by atoms with Gasteiger partial charge in [0, 0.05) is 36.7 Å². The molecule has 0 fully saturated rings. The summed E-state index contributed by atoms with van der Waals surface area (Å²) in [6.45, 7) is 3.88. The van der Waals surface area contributed by atoms with Crippen molar-refractivity contribution in [3.63, 3.8) is 0 Å². The number of carbonyl (C=O) groups excluding carboxylic acids is 1. The third kappa shape index (κ3) is 2.91. The number of thiocarbonyl (C=S) groups is 1. The molecule has 4 nitrogen and oxygen atoms in total. The Kier molecular flexibility index (Phi) is 4.71. The lowest BCUT2D eigenvalue weighted by Crippen LogP contribution is -2.48. The summed E-state index contributed by atoms with van der Waals surface area (Å²) in [5.74, 6) is -1.39. The Balaban J connectivity index is 1.86. The maximum atomic E-state index is 14.4. The van der Waals surface area contributed by atoms with Crippen LogP contribution in [0.15, 0.2) is 47.6 Å². The second kappa shape index (κ2) is 6.93. The largest absolute Gasteiger partial charge is 0.336 e. The lowest BCUT2D eigenvalue weighted by Gasteiger charge is -2.43. The SMILES string of the molecule is CC(=O)N1N=C(c2cc(F)ccc2F)SC12CCN(C(C)=S)c1ccccc12. The fraction of sp³-hybridized carbons (Fsp3) is 0.250. The van der Waals surface area contributed by atoms with E-state index in [-0.39, 0.29) is 16.5 Å². The molecule has 0 bridgehead atoms. The molecule has 2 aromatic carbocycles. The molecule has 0 aromatic heterocycles. The zero-order valence-corrected chi connectivity index (χ0v) is 16.9. The van der Waals surface area contributed by atoms with E-state index in [1.54, 1.807) is 0 Å². The fourth-order valence-electron chi connectivity index (χ4n) is 3.70. The van der Waals surface area contributed by atoms with Crippen LogP contribution in [-0.2, 0) is 9.67 Å². The molecule has 0 N–H and O–H groups in total. The lowest BCUT2D eigenvalue weighted by molar-refractivity contribution is -0.132. The van der Waals surface area contributed by atoms with Crippen LogP contribution in [0.25, 0.3) is 0 Å². The Hall–Kier alpha value is -2.32. The minimum Gasteiger partial charge on any atom is -0.336 e. The van der Waals surface area contributed by atoms with Crippen LogP contribution >= 0.6 is 24.0 Å². The van der Waals surface area contributed by atoms with Crippen molar-refractivity contribution >= 4 is 45.6 Å². The number of halogens is 2. The van der Waals surface area contributed by atoms with Crippen LogP contribution < -0.4 is 4.90 Å². The van der Waals surface area contributed by atoms with Crippen molar-refractivity contribution in [2.45, 2.75) is 25.1 Å². The molecule has 1 unspecified atom stereocenters. The fourth-order valence-corrected chi connectivity index (χ4v) is 5.33. The molecule has 28 heavy (non-hydrogen) atoms. The molecule has 1 atom stereocenters. The maximum Gasteiger partial charge on any atom is 0.241 e. The molecule has 2 aromatic rings. The summed E-state index contributed by atoms with van der Waals surface area (Å²) in [4.78, 5) is 14.4. The Morgan fingerprint density at radius 3 is 2.68 bits per heavy atom. The molecule has 0 aliphatic carbocycles. The number of hydrazone groups is 1. The molecule has 2 heterocycles. The van der Waals surface area contributed by atoms with Crippen LogP contribution in [0.5, 0.6) is 0 Å². The monoisotopic (exact) mass is 417 g/mol. The van der Waals surface area contributed by atoms with E-state index < -0.39 is 16.5 Å². The Labute approximate surface area is 171 Å². The Bertz CT molecular complexity index is 1030. The minimum atomic E-state index is -0.822. The normalized spacial score (nSPS) is 20.9. The van der Waals surface area contributed by atoms with Crippen LogP contribution in [0, 0.1) is 11.6 Å². The summed E-state index contributed by atoms with van der Waals surface area (Å²) in [5.41, 5.74) is 1.83. The van der Waals surface area contributed by atoms with Gasteiger partial charge in [0.15, 0.2) is 0 Å². The second-order valence-corrected chi connectivity index (χ2v) is 8.54. The van der Waals surface area contributed by atoms with Gasteiger partial charge in [0.2, 0.25) is 5.91 Å². The number of nitrogens with zero attached hydrogens (tertiary/aromatic N) is 3.